The molecule has 0 fully saturated rings. The maximum absolute atomic E-state index is 13.7. The number of hydrogen-bond donors (Lipinski definition) is 1. The Morgan fingerprint density at radius 1 is 1.42 bits per heavy atom. The number of nitrogens with one attached hydrogen (secondary N) is 1. The van der Waals surface area contributed by atoms with Crippen molar-refractivity contribution in [3.63, 3.8) is 0 Å². The van der Waals surface area contributed by atoms with E-state index >= 15 is 0 Å². The standard InChI is InChI=1S/C13H12FN3O2/c1-15-13(19)10-3-2-9(6-11(10)14)7-17-8-16-5-4-12(17)18/h2-6,8H,7H2,1H3,(H,15,19). The summed E-state index contributed by atoms with van der Waals surface area (Å²) >= 11 is 0. The van der Waals surface area contributed by atoms with Gasteiger partial charge in [-0.3, -0.25) is 14.2 Å². The van der Waals surface area contributed by atoms with Crippen molar-refractivity contribution in [1.82, 2.24) is 14.9 Å². The van der Waals surface area contributed by atoms with E-state index in [0.29, 0.717) is 5.56 Å². The van der Waals surface area contributed by atoms with Crippen molar-refractivity contribution >= 4 is 5.91 Å². The van der Waals surface area contributed by atoms with Crippen molar-refractivity contribution < 1.29 is 9.18 Å². The smallest absolute Gasteiger partial charge is 0.253 e. The average molecular weight is 261 g/mol. The second kappa shape index (κ2) is 5.43. The molecular weight excluding hydrogens is 249 g/mol. The van der Waals surface area contributed by atoms with Crippen LogP contribution in [0.3, 0.4) is 0 Å². The zero-order valence-corrected chi connectivity index (χ0v) is 10.3. The van der Waals surface area contributed by atoms with E-state index in [0.717, 1.165) is 0 Å². The molecule has 98 valence electrons. The van der Waals surface area contributed by atoms with Gasteiger partial charge >= 0.3 is 0 Å². The minimum atomic E-state index is -0.617. The van der Waals surface area contributed by atoms with Gasteiger partial charge in [-0.2, -0.15) is 0 Å². The van der Waals surface area contributed by atoms with Crippen molar-refractivity contribution in [3.8, 4) is 0 Å². The molecule has 0 aliphatic carbocycles. The number of halogens is 1. The molecule has 0 unspecified atom stereocenters. The molecule has 0 spiro atoms. The molecule has 1 aromatic carbocycles. The highest BCUT2D eigenvalue weighted by atomic mass is 19.1. The zero-order chi connectivity index (χ0) is 13.8. The van der Waals surface area contributed by atoms with Crippen LogP contribution in [0.25, 0.3) is 0 Å². The summed E-state index contributed by atoms with van der Waals surface area (Å²) in [5, 5.41) is 2.36. The summed E-state index contributed by atoms with van der Waals surface area (Å²) in [7, 11) is 1.44. The molecule has 6 heteroatoms. The number of amides is 1. The van der Waals surface area contributed by atoms with Gasteiger partial charge in [0.1, 0.15) is 5.82 Å². The lowest BCUT2D eigenvalue weighted by atomic mass is 10.1. The largest absolute Gasteiger partial charge is 0.355 e. The Morgan fingerprint density at radius 2 is 2.21 bits per heavy atom. The zero-order valence-electron chi connectivity index (χ0n) is 10.3. The van der Waals surface area contributed by atoms with Gasteiger partial charge in [-0.25, -0.2) is 9.37 Å². The van der Waals surface area contributed by atoms with E-state index in [2.05, 4.69) is 10.3 Å². The van der Waals surface area contributed by atoms with Gasteiger partial charge in [0.25, 0.3) is 11.5 Å². The Morgan fingerprint density at radius 3 is 2.84 bits per heavy atom. The van der Waals surface area contributed by atoms with Crippen molar-refractivity contribution in [2.75, 3.05) is 7.05 Å². The fourth-order valence-electron chi connectivity index (χ4n) is 1.67. The average Bonchev–Trinajstić information content (AvgIpc) is 2.41. The Bertz CT molecular complexity index is 667. The normalized spacial score (nSPS) is 10.2. The third kappa shape index (κ3) is 2.85. The van der Waals surface area contributed by atoms with Crippen LogP contribution >= 0.6 is 0 Å². The molecule has 2 rings (SSSR count). The summed E-state index contributed by atoms with van der Waals surface area (Å²) in [6.45, 7) is 0.206. The lowest BCUT2D eigenvalue weighted by Gasteiger charge is -2.07. The molecule has 1 aromatic heterocycles. The predicted molar refractivity (Wildman–Crippen MR) is 67.4 cm³/mol. The molecule has 1 N–H and O–H groups in total. The van der Waals surface area contributed by atoms with Gasteiger partial charge in [-0.1, -0.05) is 6.07 Å². The predicted octanol–water partition coefficient (Wildman–Crippen LogP) is 0.790. The van der Waals surface area contributed by atoms with Gasteiger partial charge in [0.15, 0.2) is 0 Å². The topological polar surface area (TPSA) is 64.0 Å². The third-order valence-corrected chi connectivity index (χ3v) is 2.65. The van der Waals surface area contributed by atoms with Crippen LogP contribution in [0, 0.1) is 5.82 Å². The Kier molecular flexibility index (Phi) is 3.70. The van der Waals surface area contributed by atoms with Gasteiger partial charge in [0, 0.05) is 19.3 Å². The van der Waals surface area contributed by atoms with E-state index in [1.165, 1.54) is 42.3 Å². The first-order chi connectivity index (χ1) is 9.11. The molecule has 0 saturated carbocycles. The van der Waals surface area contributed by atoms with E-state index in [9.17, 15) is 14.0 Å². The third-order valence-electron chi connectivity index (χ3n) is 2.65. The van der Waals surface area contributed by atoms with Crippen LogP contribution in [0.4, 0.5) is 4.39 Å². The van der Waals surface area contributed by atoms with Crippen LogP contribution in [0.2, 0.25) is 0 Å². The van der Waals surface area contributed by atoms with Crippen molar-refractivity contribution in [2.45, 2.75) is 6.54 Å². The SMILES string of the molecule is CNC(=O)c1ccc(Cn2cnccc2=O)cc1F. The number of carbonyl (C=O) groups excluding carboxylic acids is 1. The molecule has 1 heterocycles. The number of carbonyl (C=O) groups is 1. The number of nitrogens with zero attached hydrogens (tertiary/aromatic N) is 2. The molecule has 5 nitrogen and oxygen atoms in total. The quantitative estimate of drug-likeness (QED) is 0.888. The first kappa shape index (κ1) is 12.9. The number of benzene rings is 1. The van der Waals surface area contributed by atoms with Crippen molar-refractivity contribution in [2.24, 2.45) is 0 Å². The van der Waals surface area contributed by atoms with E-state index < -0.39 is 11.7 Å². The summed E-state index contributed by atoms with van der Waals surface area (Å²) in [5.41, 5.74) is 0.343. The molecule has 19 heavy (non-hydrogen) atoms. The molecule has 0 radical (unpaired) electrons. The molecule has 0 aliphatic heterocycles. The second-order valence-electron chi connectivity index (χ2n) is 3.94. The Balaban J connectivity index is 2.29. The van der Waals surface area contributed by atoms with Gasteiger partial charge in [-0.05, 0) is 17.7 Å². The maximum atomic E-state index is 13.7. The van der Waals surface area contributed by atoms with E-state index in [1.807, 2.05) is 0 Å². The number of aromatic nitrogens is 2. The van der Waals surface area contributed by atoms with Crippen LogP contribution in [-0.4, -0.2) is 22.5 Å². The molecule has 0 bridgehead atoms. The highest BCUT2D eigenvalue weighted by Gasteiger charge is 2.10. The van der Waals surface area contributed by atoms with Gasteiger partial charge in [0.05, 0.1) is 18.4 Å². The minimum Gasteiger partial charge on any atom is -0.355 e. The summed E-state index contributed by atoms with van der Waals surface area (Å²) in [4.78, 5) is 26.7. The van der Waals surface area contributed by atoms with Crippen LogP contribution in [0.15, 0.2) is 41.6 Å². The fourth-order valence-corrected chi connectivity index (χ4v) is 1.67. The molecule has 0 aliphatic rings. The van der Waals surface area contributed by atoms with Gasteiger partial charge in [0.2, 0.25) is 0 Å². The lowest BCUT2D eigenvalue weighted by molar-refractivity contribution is 0.0959. The Labute approximate surface area is 108 Å². The second-order valence-corrected chi connectivity index (χ2v) is 3.94. The summed E-state index contributed by atoms with van der Waals surface area (Å²) in [5.74, 6) is -1.10. The molecule has 0 saturated heterocycles. The first-order valence-corrected chi connectivity index (χ1v) is 5.63. The number of hydrogen-bond acceptors (Lipinski definition) is 3. The van der Waals surface area contributed by atoms with E-state index in [4.69, 9.17) is 0 Å². The van der Waals surface area contributed by atoms with Crippen LogP contribution in [0.1, 0.15) is 15.9 Å². The highest BCUT2D eigenvalue weighted by molar-refractivity contribution is 5.94. The minimum absolute atomic E-state index is 0.0233. The number of rotatable bonds is 3. The monoisotopic (exact) mass is 261 g/mol. The van der Waals surface area contributed by atoms with E-state index in [-0.39, 0.29) is 17.7 Å². The van der Waals surface area contributed by atoms with Crippen molar-refractivity contribution in [1.29, 1.82) is 0 Å². The summed E-state index contributed by atoms with van der Waals surface area (Å²) < 4.78 is 15.1. The summed E-state index contributed by atoms with van der Waals surface area (Å²) in [6, 6.07) is 5.57. The molecular formula is C13H12FN3O2. The Hall–Kier alpha value is -2.50. The van der Waals surface area contributed by atoms with E-state index in [1.54, 1.807) is 6.07 Å². The first-order valence-electron chi connectivity index (χ1n) is 5.63. The fraction of sp³-hybridized carbons (Fsp3) is 0.154. The van der Waals surface area contributed by atoms with Gasteiger partial charge < -0.3 is 5.32 Å². The summed E-state index contributed by atoms with van der Waals surface area (Å²) in [6.07, 6.45) is 2.78. The van der Waals surface area contributed by atoms with Crippen LogP contribution < -0.4 is 10.9 Å². The van der Waals surface area contributed by atoms with Crippen LogP contribution in [0.5, 0.6) is 0 Å². The van der Waals surface area contributed by atoms with Crippen molar-refractivity contribution in [3.05, 3.63) is 64.1 Å². The van der Waals surface area contributed by atoms with Gasteiger partial charge in [-0.15, -0.1) is 0 Å². The maximum Gasteiger partial charge on any atom is 0.253 e. The van der Waals surface area contributed by atoms with Crippen LogP contribution in [-0.2, 0) is 6.54 Å². The lowest BCUT2D eigenvalue weighted by Crippen LogP contribution is -2.21. The highest BCUT2D eigenvalue weighted by Crippen LogP contribution is 2.11. The molecule has 2 aromatic rings. The molecule has 0 atom stereocenters. The molecule has 1 amide bonds.